The summed E-state index contributed by atoms with van der Waals surface area (Å²) in [6.45, 7) is 2.99. The molecule has 0 aromatic heterocycles. The van der Waals surface area contributed by atoms with E-state index < -0.39 is 0 Å². The van der Waals surface area contributed by atoms with Gasteiger partial charge in [-0.25, -0.2) is 0 Å². The Kier molecular flexibility index (Phi) is 5.87. The lowest BCUT2D eigenvalue weighted by molar-refractivity contribution is 0.354. The molecule has 1 unspecified atom stereocenters. The van der Waals surface area contributed by atoms with Crippen LogP contribution in [-0.4, -0.2) is 14.2 Å². The molecule has 0 spiro atoms. The molecule has 0 aliphatic carbocycles. The van der Waals surface area contributed by atoms with Crippen LogP contribution in [0.2, 0.25) is 0 Å². The Morgan fingerprint density at radius 2 is 1.67 bits per heavy atom. The summed E-state index contributed by atoms with van der Waals surface area (Å²) >= 11 is 2.32. The minimum absolute atomic E-state index is 0.240. The first-order chi connectivity index (χ1) is 10.1. The van der Waals surface area contributed by atoms with Crippen molar-refractivity contribution in [3.8, 4) is 11.5 Å². The molecule has 0 aliphatic rings. The van der Waals surface area contributed by atoms with E-state index in [0.29, 0.717) is 0 Å². The van der Waals surface area contributed by atoms with E-state index in [1.807, 2.05) is 12.1 Å². The van der Waals surface area contributed by atoms with Crippen LogP contribution < -0.4 is 14.8 Å². The van der Waals surface area contributed by atoms with Crippen molar-refractivity contribution in [2.45, 2.75) is 19.5 Å². The normalized spacial score (nSPS) is 12.0. The van der Waals surface area contributed by atoms with E-state index in [-0.39, 0.29) is 6.04 Å². The molecule has 3 nitrogen and oxygen atoms in total. The standard InChI is InChI=1S/C17H20INO2/c1-12(19-11-13-4-7-15(18)8-5-13)14-6-9-16(20-2)17(10-14)21-3/h4-10,12,19H,11H2,1-3H3. The Balaban J connectivity index is 2.02. The molecule has 1 N–H and O–H groups in total. The van der Waals surface area contributed by atoms with Gasteiger partial charge >= 0.3 is 0 Å². The third kappa shape index (κ3) is 4.35. The fourth-order valence-corrected chi connectivity index (χ4v) is 2.47. The lowest BCUT2D eigenvalue weighted by Gasteiger charge is -2.16. The fourth-order valence-electron chi connectivity index (χ4n) is 2.11. The summed E-state index contributed by atoms with van der Waals surface area (Å²) < 4.78 is 11.9. The molecule has 2 aromatic rings. The van der Waals surface area contributed by atoms with Crippen LogP contribution >= 0.6 is 22.6 Å². The highest BCUT2D eigenvalue weighted by Crippen LogP contribution is 2.29. The zero-order valence-corrected chi connectivity index (χ0v) is 14.7. The number of rotatable bonds is 6. The van der Waals surface area contributed by atoms with Gasteiger partial charge in [0.2, 0.25) is 0 Å². The van der Waals surface area contributed by atoms with E-state index >= 15 is 0 Å². The van der Waals surface area contributed by atoms with Crippen LogP contribution in [0.3, 0.4) is 0 Å². The maximum absolute atomic E-state index is 5.35. The third-order valence-corrected chi connectivity index (χ3v) is 4.15. The van der Waals surface area contributed by atoms with Crippen LogP contribution in [0, 0.1) is 3.57 Å². The van der Waals surface area contributed by atoms with Crippen LogP contribution in [0.4, 0.5) is 0 Å². The van der Waals surface area contributed by atoms with Crippen molar-refractivity contribution in [2.24, 2.45) is 0 Å². The van der Waals surface area contributed by atoms with E-state index in [1.165, 1.54) is 14.7 Å². The van der Waals surface area contributed by atoms with Gasteiger partial charge in [-0.2, -0.15) is 0 Å². The van der Waals surface area contributed by atoms with Gasteiger partial charge < -0.3 is 14.8 Å². The van der Waals surface area contributed by atoms with Gasteiger partial charge in [-0.1, -0.05) is 18.2 Å². The minimum atomic E-state index is 0.240. The van der Waals surface area contributed by atoms with Crippen molar-refractivity contribution in [1.29, 1.82) is 0 Å². The fraction of sp³-hybridized carbons (Fsp3) is 0.294. The summed E-state index contributed by atoms with van der Waals surface area (Å²) in [4.78, 5) is 0. The van der Waals surface area contributed by atoms with Crippen molar-refractivity contribution in [3.05, 3.63) is 57.2 Å². The number of hydrogen-bond donors (Lipinski definition) is 1. The van der Waals surface area contributed by atoms with E-state index in [2.05, 4.69) is 65.2 Å². The van der Waals surface area contributed by atoms with E-state index in [9.17, 15) is 0 Å². The number of benzene rings is 2. The monoisotopic (exact) mass is 397 g/mol. The van der Waals surface area contributed by atoms with E-state index in [4.69, 9.17) is 9.47 Å². The summed E-state index contributed by atoms with van der Waals surface area (Å²) in [6.07, 6.45) is 0. The summed E-state index contributed by atoms with van der Waals surface area (Å²) in [5.41, 5.74) is 2.46. The van der Waals surface area contributed by atoms with Gasteiger partial charge in [-0.15, -0.1) is 0 Å². The zero-order valence-electron chi connectivity index (χ0n) is 12.5. The molecule has 0 radical (unpaired) electrons. The quantitative estimate of drug-likeness (QED) is 0.743. The molecular formula is C17H20INO2. The molecule has 2 rings (SSSR count). The van der Waals surface area contributed by atoms with Gasteiger partial charge in [0.15, 0.2) is 11.5 Å². The Morgan fingerprint density at radius 1 is 1.00 bits per heavy atom. The number of methoxy groups -OCH3 is 2. The van der Waals surface area contributed by atoms with Crippen LogP contribution in [0.5, 0.6) is 11.5 Å². The Labute approximate surface area is 139 Å². The largest absolute Gasteiger partial charge is 0.493 e. The molecule has 4 heteroatoms. The average Bonchev–Trinajstić information content (AvgIpc) is 2.53. The summed E-state index contributed by atoms with van der Waals surface area (Å²) in [5, 5.41) is 3.52. The SMILES string of the molecule is COc1ccc(C(C)NCc2ccc(I)cc2)cc1OC. The highest BCUT2D eigenvalue weighted by molar-refractivity contribution is 14.1. The van der Waals surface area contributed by atoms with Gasteiger partial charge in [0.25, 0.3) is 0 Å². The summed E-state index contributed by atoms with van der Waals surface area (Å²) in [7, 11) is 3.31. The maximum atomic E-state index is 5.35. The predicted molar refractivity (Wildman–Crippen MR) is 94.0 cm³/mol. The van der Waals surface area contributed by atoms with Crippen molar-refractivity contribution in [3.63, 3.8) is 0 Å². The van der Waals surface area contributed by atoms with Crippen LogP contribution in [0.15, 0.2) is 42.5 Å². The first-order valence-electron chi connectivity index (χ1n) is 6.83. The first kappa shape index (κ1) is 16.1. The van der Waals surface area contributed by atoms with Crippen LogP contribution in [0.25, 0.3) is 0 Å². The highest BCUT2D eigenvalue weighted by Gasteiger charge is 2.09. The highest BCUT2D eigenvalue weighted by atomic mass is 127. The zero-order chi connectivity index (χ0) is 15.2. The molecule has 0 fully saturated rings. The summed E-state index contributed by atoms with van der Waals surface area (Å²) in [6, 6.07) is 14.8. The second-order valence-electron chi connectivity index (χ2n) is 4.84. The predicted octanol–water partition coefficient (Wildman–Crippen LogP) is 4.16. The second-order valence-corrected chi connectivity index (χ2v) is 6.09. The molecule has 0 aliphatic heterocycles. The van der Waals surface area contributed by atoms with Crippen molar-refractivity contribution >= 4 is 22.6 Å². The topological polar surface area (TPSA) is 30.5 Å². The lowest BCUT2D eigenvalue weighted by Crippen LogP contribution is -2.18. The number of ether oxygens (including phenoxy) is 2. The average molecular weight is 397 g/mol. The lowest BCUT2D eigenvalue weighted by atomic mass is 10.1. The van der Waals surface area contributed by atoms with Gasteiger partial charge in [0.05, 0.1) is 14.2 Å². The van der Waals surface area contributed by atoms with Crippen molar-refractivity contribution in [1.82, 2.24) is 5.32 Å². The van der Waals surface area contributed by atoms with Gasteiger partial charge in [0, 0.05) is 16.2 Å². The molecule has 0 saturated heterocycles. The molecule has 2 aromatic carbocycles. The molecule has 21 heavy (non-hydrogen) atoms. The number of nitrogens with one attached hydrogen (secondary N) is 1. The number of hydrogen-bond acceptors (Lipinski definition) is 3. The molecule has 0 amide bonds. The van der Waals surface area contributed by atoms with E-state index in [0.717, 1.165) is 18.0 Å². The van der Waals surface area contributed by atoms with E-state index in [1.54, 1.807) is 14.2 Å². The Bertz CT molecular complexity index is 584. The third-order valence-electron chi connectivity index (χ3n) is 3.43. The van der Waals surface area contributed by atoms with Crippen LogP contribution in [-0.2, 0) is 6.54 Å². The molecular weight excluding hydrogens is 377 g/mol. The van der Waals surface area contributed by atoms with Gasteiger partial charge in [-0.05, 0) is 64.9 Å². The molecule has 1 atom stereocenters. The molecule has 0 saturated carbocycles. The molecule has 0 heterocycles. The molecule has 112 valence electrons. The van der Waals surface area contributed by atoms with Crippen molar-refractivity contribution in [2.75, 3.05) is 14.2 Å². The number of halogens is 1. The minimum Gasteiger partial charge on any atom is -0.493 e. The first-order valence-corrected chi connectivity index (χ1v) is 7.91. The Hall–Kier alpha value is -1.27. The van der Waals surface area contributed by atoms with Crippen LogP contribution in [0.1, 0.15) is 24.1 Å². The smallest absolute Gasteiger partial charge is 0.161 e. The Morgan fingerprint density at radius 3 is 2.29 bits per heavy atom. The van der Waals surface area contributed by atoms with Gasteiger partial charge in [-0.3, -0.25) is 0 Å². The molecule has 0 bridgehead atoms. The van der Waals surface area contributed by atoms with Crippen molar-refractivity contribution < 1.29 is 9.47 Å². The van der Waals surface area contributed by atoms with Gasteiger partial charge in [0.1, 0.15) is 0 Å². The summed E-state index contributed by atoms with van der Waals surface area (Å²) in [5.74, 6) is 1.52. The maximum Gasteiger partial charge on any atom is 0.161 e. The second kappa shape index (κ2) is 7.66.